The van der Waals surface area contributed by atoms with Gasteiger partial charge in [0.2, 0.25) is 10.0 Å². The van der Waals surface area contributed by atoms with Gasteiger partial charge in [0, 0.05) is 52.4 Å². The number of ether oxygens (including phenoxy) is 1. The van der Waals surface area contributed by atoms with E-state index in [1.807, 2.05) is 19.9 Å². The molecular weight excluding hydrogens is 434 g/mol. The molecule has 2 fully saturated rings. The Morgan fingerprint density at radius 1 is 1.13 bits per heavy atom. The molecule has 174 valence electrons. The predicted octanol–water partition coefficient (Wildman–Crippen LogP) is 1.94. The fraction of sp³-hybridized carbons (Fsp3) is 0.667. The summed E-state index contributed by atoms with van der Waals surface area (Å²) in [5.74, 6) is 0. The van der Waals surface area contributed by atoms with Gasteiger partial charge in [0.05, 0.1) is 29.5 Å². The van der Waals surface area contributed by atoms with E-state index in [0.717, 1.165) is 76.7 Å². The first kappa shape index (κ1) is 24.2. The highest BCUT2D eigenvalue weighted by Crippen LogP contribution is 2.32. The van der Waals surface area contributed by atoms with Crippen LogP contribution < -0.4 is 15.5 Å². The second kappa shape index (κ2) is 11.4. The van der Waals surface area contributed by atoms with Crippen LogP contribution in [0, 0.1) is 0 Å². The third-order valence-corrected chi connectivity index (χ3v) is 8.12. The Morgan fingerprint density at radius 3 is 2.45 bits per heavy atom. The van der Waals surface area contributed by atoms with Crippen LogP contribution in [-0.4, -0.2) is 88.3 Å². The number of nitrogens with zero attached hydrogens (tertiary/aromatic N) is 3. The SMILES string of the molecule is CCN(CC)S(=O)(=O)c1ccc(N2CCCC2)c(NC(=S)NCCN2CCOCC2)c1. The standard InChI is InChI=1S/C21H35N5O3S2/c1-3-26(4-2)31(27,28)18-7-8-20(25-10-5-6-11-25)19(17-18)23-21(30)22-9-12-24-13-15-29-16-14-24/h7-8,17H,3-6,9-16H2,1-2H3,(H2,22,23,30). The Morgan fingerprint density at radius 2 is 1.81 bits per heavy atom. The van der Waals surface area contributed by atoms with Gasteiger partial charge in [-0.3, -0.25) is 4.90 Å². The van der Waals surface area contributed by atoms with Crippen molar-refractivity contribution in [2.75, 3.05) is 75.8 Å². The van der Waals surface area contributed by atoms with Crippen molar-refractivity contribution in [2.45, 2.75) is 31.6 Å². The minimum atomic E-state index is -3.54. The number of hydrogen-bond acceptors (Lipinski definition) is 6. The van der Waals surface area contributed by atoms with E-state index in [1.165, 1.54) is 4.31 Å². The van der Waals surface area contributed by atoms with Crippen LogP contribution in [0.15, 0.2) is 23.1 Å². The molecule has 8 nitrogen and oxygen atoms in total. The van der Waals surface area contributed by atoms with Gasteiger partial charge in [0.15, 0.2) is 5.11 Å². The van der Waals surface area contributed by atoms with Crippen molar-refractivity contribution in [3.8, 4) is 0 Å². The van der Waals surface area contributed by atoms with Gasteiger partial charge in [0.1, 0.15) is 0 Å². The molecule has 31 heavy (non-hydrogen) atoms. The number of benzene rings is 1. The third kappa shape index (κ3) is 6.29. The zero-order chi connectivity index (χ0) is 22.3. The van der Waals surface area contributed by atoms with Gasteiger partial charge in [-0.25, -0.2) is 8.42 Å². The summed E-state index contributed by atoms with van der Waals surface area (Å²) in [6.07, 6.45) is 2.28. The second-order valence-corrected chi connectivity index (χ2v) is 10.1. The lowest BCUT2D eigenvalue weighted by Crippen LogP contribution is -2.42. The third-order valence-electron chi connectivity index (χ3n) is 5.82. The lowest BCUT2D eigenvalue weighted by Gasteiger charge is -2.27. The summed E-state index contributed by atoms with van der Waals surface area (Å²) in [6.45, 7) is 11.6. The van der Waals surface area contributed by atoms with Crippen molar-refractivity contribution >= 4 is 38.7 Å². The fourth-order valence-electron chi connectivity index (χ4n) is 4.04. The van der Waals surface area contributed by atoms with E-state index in [9.17, 15) is 8.42 Å². The quantitative estimate of drug-likeness (QED) is 0.532. The summed E-state index contributed by atoms with van der Waals surface area (Å²) in [4.78, 5) is 4.91. The minimum absolute atomic E-state index is 0.290. The van der Waals surface area contributed by atoms with Gasteiger partial charge in [-0.1, -0.05) is 13.8 Å². The van der Waals surface area contributed by atoms with Gasteiger partial charge >= 0.3 is 0 Å². The molecular formula is C21H35N5O3S2. The van der Waals surface area contributed by atoms with Crippen LogP contribution in [0.2, 0.25) is 0 Å². The predicted molar refractivity (Wildman–Crippen MR) is 129 cm³/mol. The molecule has 2 aliphatic heterocycles. The Labute approximate surface area is 192 Å². The van der Waals surface area contributed by atoms with Crippen LogP contribution in [0.1, 0.15) is 26.7 Å². The van der Waals surface area contributed by atoms with Gasteiger partial charge < -0.3 is 20.3 Å². The number of hydrogen-bond donors (Lipinski definition) is 2. The first-order chi connectivity index (χ1) is 15.0. The van der Waals surface area contributed by atoms with Crippen molar-refractivity contribution in [1.82, 2.24) is 14.5 Å². The monoisotopic (exact) mass is 469 g/mol. The molecule has 1 aromatic carbocycles. The van der Waals surface area contributed by atoms with E-state index in [-0.39, 0.29) is 4.90 Å². The van der Waals surface area contributed by atoms with Crippen molar-refractivity contribution in [2.24, 2.45) is 0 Å². The largest absolute Gasteiger partial charge is 0.379 e. The molecule has 1 aromatic rings. The molecule has 0 bridgehead atoms. The summed E-state index contributed by atoms with van der Waals surface area (Å²) in [7, 11) is -3.54. The average Bonchev–Trinajstić information content (AvgIpc) is 3.30. The molecule has 10 heteroatoms. The lowest BCUT2D eigenvalue weighted by atomic mass is 10.2. The average molecular weight is 470 g/mol. The summed E-state index contributed by atoms with van der Waals surface area (Å²) >= 11 is 5.53. The Balaban J connectivity index is 1.73. The maximum absolute atomic E-state index is 13.0. The van der Waals surface area contributed by atoms with Crippen molar-refractivity contribution in [1.29, 1.82) is 0 Å². The van der Waals surface area contributed by atoms with Crippen LogP contribution in [0.25, 0.3) is 0 Å². The lowest BCUT2D eigenvalue weighted by molar-refractivity contribution is 0.0389. The summed E-state index contributed by atoms with van der Waals surface area (Å²) in [5.41, 5.74) is 1.73. The number of sulfonamides is 1. The van der Waals surface area contributed by atoms with E-state index in [2.05, 4.69) is 20.4 Å². The van der Waals surface area contributed by atoms with Crippen LogP contribution >= 0.6 is 12.2 Å². The second-order valence-electron chi connectivity index (χ2n) is 7.80. The highest BCUT2D eigenvalue weighted by atomic mass is 32.2. The van der Waals surface area contributed by atoms with Gasteiger partial charge in [-0.2, -0.15) is 4.31 Å². The molecule has 0 aromatic heterocycles. The maximum atomic E-state index is 13.0. The van der Waals surface area contributed by atoms with Gasteiger partial charge in [0.25, 0.3) is 0 Å². The Hall–Kier alpha value is -1.46. The van der Waals surface area contributed by atoms with Crippen molar-refractivity contribution in [3.05, 3.63) is 18.2 Å². The van der Waals surface area contributed by atoms with E-state index in [0.29, 0.717) is 18.2 Å². The molecule has 2 saturated heterocycles. The van der Waals surface area contributed by atoms with Crippen LogP contribution in [0.4, 0.5) is 11.4 Å². The first-order valence-electron chi connectivity index (χ1n) is 11.2. The Kier molecular flexibility index (Phi) is 8.91. The molecule has 3 rings (SSSR count). The molecule has 0 saturated carbocycles. The van der Waals surface area contributed by atoms with Crippen LogP contribution in [-0.2, 0) is 14.8 Å². The summed E-state index contributed by atoms with van der Waals surface area (Å²) in [5, 5.41) is 7.03. The maximum Gasteiger partial charge on any atom is 0.243 e. The van der Waals surface area contributed by atoms with Crippen molar-refractivity contribution < 1.29 is 13.2 Å². The number of thiocarbonyl (C=S) groups is 1. The molecule has 0 radical (unpaired) electrons. The molecule has 0 aliphatic carbocycles. The molecule has 0 atom stereocenters. The molecule has 0 spiro atoms. The van der Waals surface area contributed by atoms with E-state index >= 15 is 0 Å². The van der Waals surface area contributed by atoms with E-state index < -0.39 is 10.0 Å². The number of rotatable bonds is 9. The summed E-state index contributed by atoms with van der Waals surface area (Å²) in [6, 6.07) is 5.33. The van der Waals surface area contributed by atoms with E-state index in [4.69, 9.17) is 17.0 Å². The normalized spacial score (nSPS) is 17.8. The van der Waals surface area contributed by atoms with E-state index in [1.54, 1.807) is 12.1 Å². The zero-order valence-corrected chi connectivity index (χ0v) is 20.2. The molecule has 2 aliphatic rings. The number of morpholine rings is 1. The summed E-state index contributed by atoms with van der Waals surface area (Å²) < 4.78 is 32.9. The van der Waals surface area contributed by atoms with Crippen LogP contribution in [0.5, 0.6) is 0 Å². The van der Waals surface area contributed by atoms with Gasteiger partial charge in [-0.05, 0) is 43.3 Å². The number of nitrogens with one attached hydrogen (secondary N) is 2. The zero-order valence-electron chi connectivity index (χ0n) is 18.6. The molecule has 2 N–H and O–H groups in total. The minimum Gasteiger partial charge on any atom is -0.379 e. The number of anilines is 2. The first-order valence-corrected chi connectivity index (χ1v) is 13.0. The molecule has 2 heterocycles. The van der Waals surface area contributed by atoms with Gasteiger partial charge in [-0.15, -0.1) is 0 Å². The molecule has 0 amide bonds. The topological polar surface area (TPSA) is 77.2 Å². The molecule has 0 unspecified atom stereocenters. The van der Waals surface area contributed by atoms with Crippen LogP contribution in [0.3, 0.4) is 0 Å². The van der Waals surface area contributed by atoms with Crippen molar-refractivity contribution in [3.63, 3.8) is 0 Å². The smallest absolute Gasteiger partial charge is 0.243 e. The highest BCUT2D eigenvalue weighted by Gasteiger charge is 2.24. The highest BCUT2D eigenvalue weighted by molar-refractivity contribution is 7.89. The Bertz CT molecular complexity index is 833. The fourth-order valence-corrected chi connectivity index (χ4v) is 5.74.